The molecule has 54 valence electrons. The van der Waals surface area contributed by atoms with Gasteiger partial charge in [-0.05, 0) is 0 Å². The van der Waals surface area contributed by atoms with E-state index in [1.807, 2.05) is 19.0 Å². The predicted molar refractivity (Wildman–Crippen MR) is 39.3 cm³/mol. The molecule has 0 aromatic rings. The van der Waals surface area contributed by atoms with Gasteiger partial charge in [0.25, 0.3) is 0 Å². The summed E-state index contributed by atoms with van der Waals surface area (Å²) in [5.74, 6) is 0. The molecule has 2 heteroatoms. The van der Waals surface area contributed by atoms with E-state index in [2.05, 4.69) is 6.58 Å². The Labute approximate surface area is 57.1 Å². The molecule has 0 atom stereocenters. The minimum absolute atomic E-state index is 0.761. The molecule has 0 unspecified atom stereocenters. The highest BCUT2D eigenvalue weighted by atomic mass is 16.5. The van der Waals surface area contributed by atoms with E-state index in [0.29, 0.717) is 0 Å². The first-order valence-electron chi connectivity index (χ1n) is 3.02. The molecule has 0 aromatic heterocycles. The topological polar surface area (TPSA) is 12.5 Å². The van der Waals surface area contributed by atoms with Crippen molar-refractivity contribution < 1.29 is 4.74 Å². The maximum atomic E-state index is 4.88. The van der Waals surface area contributed by atoms with Gasteiger partial charge in [-0.25, -0.2) is 0 Å². The van der Waals surface area contributed by atoms with Crippen LogP contribution in [0.1, 0.15) is 6.42 Å². The van der Waals surface area contributed by atoms with Crippen molar-refractivity contribution in [1.82, 2.24) is 4.90 Å². The second-order valence-electron chi connectivity index (χ2n) is 2.20. The summed E-state index contributed by atoms with van der Waals surface area (Å²) in [5.41, 5.74) is 1.11. The Morgan fingerprint density at radius 2 is 2.11 bits per heavy atom. The fourth-order valence-electron chi connectivity index (χ4n) is 0.443. The third-order valence-corrected chi connectivity index (χ3v) is 1.23. The summed E-state index contributed by atoms with van der Waals surface area (Å²) in [6.45, 7) is 4.60. The molecule has 0 saturated heterocycles. The lowest BCUT2D eigenvalue weighted by molar-refractivity contribution is 0.196. The molecular weight excluding hydrogens is 114 g/mol. The summed E-state index contributed by atoms with van der Waals surface area (Å²) in [4.78, 5) is 2.00. The normalized spacial score (nSPS) is 9.22. The van der Waals surface area contributed by atoms with Crippen molar-refractivity contribution in [2.75, 3.05) is 27.8 Å². The van der Waals surface area contributed by atoms with Gasteiger partial charge in [0, 0.05) is 33.3 Å². The highest BCUT2D eigenvalue weighted by Gasteiger charge is 1.93. The molecular formula is C7H15NO. The minimum Gasteiger partial charge on any atom is -0.384 e. The van der Waals surface area contributed by atoms with E-state index in [0.717, 1.165) is 18.7 Å². The first kappa shape index (κ1) is 8.50. The van der Waals surface area contributed by atoms with Gasteiger partial charge in [0.2, 0.25) is 0 Å². The fraction of sp³-hybridized carbons (Fsp3) is 0.714. The number of ether oxygens (including phenoxy) is 1. The Kier molecular flexibility index (Phi) is 4.14. The Bertz CT molecular complexity index is 88.9. The maximum absolute atomic E-state index is 4.88. The molecule has 0 saturated carbocycles. The summed E-state index contributed by atoms with van der Waals surface area (Å²) in [6.07, 6.45) is 0.920. The lowest BCUT2D eigenvalue weighted by Gasteiger charge is -2.14. The Morgan fingerprint density at radius 3 is 2.44 bits per heavy atom. The van der Waals surface area contributed by atoms with Crippen molar-refractivity contribution >= 4 is 0 Å². The van der Waals surface area contributed by atoms with E-state index in [-0.39, 0.29) is 0 Å². The van der Waals surface area contributed by atoms with Gasteiger partial charge in [0.05, 0.1) is 6.61 Å². The zero-order valence-electron chi connectivity index (χ0n) is 6.48. The van der Waals surface area contributed by atoms with E-state index in [1.165, 1.54) is 0 Å². The van der Waals surface area contributed by atoms with E-state index < -0.39 is 0 Å². The van der Waals surface area contributed by atoms with Gasteiger partial charge in [0.15, 0.2) is 0 Å². The maximum Gasteiger partial charge on any atom is 0.0516 e. The Hall–Kier alpha value is -0.500. The molecule has 0 heterocycles. The molecule has 0 N–H and O–H groups in total. The van der Waals surface area contributed by atoms with Crippen LogP contribution >= 0.6 is 0 Å². The van der Waals surface area contributed by atoms with Gasteiger partial charge in [-0.15, -0.1) is 0 Å². The summed E-state index contributed by atoms with van der Waals surface area (Å²) < 4.78 is 4.88. The molecule has 0 radical (unpaired) electrons. The van der Waals surface area contributed by atoms with Gasteiger partial charge >= 0.3 is 0 Å². The molecule has 0 aliphatic heterocycles. The van der Waals surface area contributed by atoms with E-state index in [4.69, 9.17) is 4.74 Å². The van der Waals surface area contributed by atoms with Crippen LogP contribution in [0.2, 0.25) is 0 Å². The van der Waals surface area contributed by atoms with Crippen molar-refractivity contribution in [2.24, 2.45) is 0 Å². The SMILES string of the molecule is C=C(CCOC)N(C)C. The quantitative estimate of drug-likeness (QED) is 0.563. The van der Waals surface area contributed by atoms with Crippen LogP contribution in [-0.4, -0.2) is 32.7 Å². The number of nitrogens with zero attached hydrogens (tertiary/aromatic N) is 1. The summed E-state index contributed by atoms with van der Waals surface area (Å²) in [5, 5.41) is 0. The van der Waals surface area contributed by atoms with Crippen LogP contribution in [0.5, 0.6) is 0 Å². The number of hydrogen-bond acceptors (Lipinski definition) is 2. The van der Waals surface area contributed by atoms with Crippen LogP contribution in [0.3, 0.4) is 0 Å². The zero-order valence-corrected chi connectivity index (χ0v) is 6.48. The van der Waals surface area contributed by atoms with Gasteiger partial charge in [0.1, 0.15) is 0 Å². The largest absolute Gasteiger partial charge is 0.384 e. The molecule has 0 bridgehead atoms. The van der Waals surface area contributed by atoms with Crippen molar-refractivity contribution in [2.45, 2.75) is 6.42 Å². The molecule has 0 amide bonds. The van der Waals surface area contributed by atoms with Crippen LogP contribution in [0, 0.1) is 0 Å². The van der Waals surface area contributed by atoms with Crippen LogP contribution in [-0.2, 0) is 4.74 Å². The van der Waals surface area contributed by atoms with Crippen molar-refractivity contribution in [1.29, 1.82) is 0 Å². The lowest BCUT2D eigenvalue weighted by Crippen LogP contribution is -2.11. The number of methoxy groups -OCH3 is 1. The van der Waals surface area contributed by atoms with Gasteiger partial charge in [-0.3, -0.25) is 0 Å². The lowest BCUT2D eigenvalue weighted by atomic mass is 10.3. The second-order valence-corrected chi connectivity index (χ2v) is 2.20. The number of hydrogen-bond donors (Lipinski definition) is 0. The molecule has 9 heavy (non-hydrogen) atoms. The molecule has 0 fully saturated rings. The molecule has 0 aliphatic carbocycles. The average molecular weight is 129 g/mol. The smallest absolute Gasteiger partial charge is 0.0516 e. The summed E-state index contributed by atoms with van der Waals surface area (Å²) in [7, 11) is 5.67. The Balaban J connectivity index is 3.28. The molecule has 2 nitrogen and oxygen atoms in total. The van der Waals surface area contributed by atoms with E-state index in [1.54, 1.807) is 7.11 Å². The third-order valence-electron chi connectivity index (χ3n) is 1.23. The van der Waals surface area contributed by atoms with Gasteiger partial charge in [-0.1, -0.05) is 6.58 Å². The summed E-state index contributed by atoms with van der Waals surface area (Å²) in [6, 6.07) is 0. The molecule has 0 spiro atoms. The predicted octanol–water partition coefficient (Wildman–Crippen LogP) is 1.10. The molecule has 0 rings (SSSR count). The summed E-state index contributed by atoms with van der Waals surface area (Å²) >= 11 is 0. The first-order chi connectivity index (χ1) is 4.18. The zero-order chi connectivity index (χ0) is 7.28. The highest BCUT2D eigenvalue weighted by Crippen LogP contribution is 1.99. The molecule has 0 aromatic carbocycles. The van der Waals surface area contributed by atoms with Crippen LogP contribution in [0.25, 0.3) is 0 Å². The number of rotatable bonds is 4. The first-order valence-corrected chi connectivity index (χ1v) is 3.02. The third kappa shape index (κ3) is 4.03. The van der Waals surface area contributed by atoms with Crippen LogP contribution in [0.4, 0.5) is 0 Å². The molecule has 0 aliphatic rings. The highest BCUT2D eigenvalue weighted by molar-refractivity contribution is 4.89. The van der Waals surface area contributed by atoms with Gasteiger partial charge in [-0.2, -0.15) is 0 Å². The van der Waals surface area contributed by atoms with Crippen molar-refractivity contribution in [3.63, 3.8) is 0 Å². The van der Waals surface area contributed by atoms with Crippen molar-refractivity contribution in [3.8, 4) is 0 Å². The monoisotopic (exact) mass is 129 g/mol. The van der Waals surface area contributed by atoms with Gasteiger partial charge < -0.3 is 9.64 Å². The van der Waals surface area contributed by atoms with Crippen LogP contribution in [0.15, 0.2) is 12.3 Å². The fourth-order valence-corrected chi connectivity index (χ4v) is 0.443. The second kappa shape index (κ2) is 4.39. The standard InChI is InChI=1S/C7H15NO/c1-7(8(2)3)5-6-9-4/h1,5-6H2,2-4H3. The average Bonchev–Trinajstić information content (AvgIpc) is 1.82. The van der Waals surface area contributed by atoms with Crippen LogP contribution < -0.4 is 0 Å². The Morgan fingerprint density at radius 1 is 1.56 bits per heavy atom. The van der Waals surface area contributed by atoms with Crippen molar-refractivity contribution in [3.05, 3.63) is 12.3 Å². The van der Waals surface area contributed by atoms with E-state index >= 15 is 0 Å². The van der Waals surface area contributed by atoms with E-state index in [9.17, 15) is 0 Å². The minimum atomic E-state index is 0.761.